The second kappa shape index (κ2) is 4.49. The lowest BCUT2D eigenvalue weighted by molar-refractivity contribution is 0.405. The molecule has 2 heterocycles. The number of aromatic nitrogens is 3. The first kappa shape index (κ1) is 11.3. The minimum atomic E-state index is 0.0287. The number of ether oxygens (including phenoxy) is 1. The van der Waals surface area contributed by atoms with Gasteiger partial charge in [0.05, 0.1) is 18.4 Å². The number of aromatic hydroxyl groups is 1. The topological polar surface area (TPSA) is 84.2 Å². The number of methoxy groups -OCH3 is 1. The quantitative estimate of drug-likeness (QED) is 0.752. The van der Waals surface area contributed by atoms with E-state index in [0.717, 1.165) is 5.69 Å². The van der Waals surface area contributed by atoms with Gasteiger partial charge in [0, 0.05) is 12.3 Å². The molecule has 1 aromatic carbocycles. The highest BCUT2D eigenvalue weighted by atomic mass is 16.5. The van der Waals surface area contributed by atoms with Crippen molar-refractivity contribution in [3.8, 4) is 34.5 Å². The van der Waals surface area contributed by atoms with Gasteiger partial charge in [-0.2, -0.15) is 4.98 Å². The third kappa shape index (κ3) is 2.03. The smallest absolute Gasteiger partial charge is 0.262 e. The van der Waals surface area contributed by atoms with Crippen molar-refractivity contribution in [2.45, 2.75) is 0 Å². The van der Waals surface area contributed by atoms with Gasteiger partial charge in [-0.15, -0.1) is 0 Å². The van der Waals surface area contributed by atoms with Crippen LogP contribution in [0.15, 0.2) is 41.1 Å². The molecule has 0 spiro atoms. The number of H-pyrrole nitrogens is 1. The lowest BCUT2D eigenvalue weighted by atomic mass is 10.2. The second-order valence-electron chi connectivity index (χ2n) is 3.89. The Morgan fingerprint density at radius 2 is 2.21 bits per heavy atom. The Morgan fingerprint density at radius 3 is 2.89 bits per heavy atom. The summed E-state index contributed by atoms with van der Waals surface area (Å²) in [6, 6.07) is 8.56. The van der Waals surface area contributed by atoms with Crippen LogP contribution in [-0.2, 0) is 0 Å². The van der Waals surface area contributed by atoms with Gasteiger partial charge in [0.25, 0.3) is 5.89 Å². The third-order valence-electron chi connectivity index (χ3n) is 2.70. The Kier molecular flexibility index (Phi) is 2.68. The summed E-state index contributed by atoms with van der Waals surface area (Å²) in [4.78, 5) is 7.21. The zero-order chi connectivity index (χ0) is 13.2. The summed E-state index contributed by atoms with van der Waals surface area (Å²) in [7, 11) is 1.53. The number of benzene rings is 1. The van der Waals surface area contributed by atoms with E-state index >= 15 is 0 Å². The maximum atomic E-state index is 9.90. The molecule has 3 aromatic rings. The number of phenolic OH excluding ortho intramolecular Hbond substituents is 1. The van der Waals surface area contributed by atoms with E-state index < -0.39 is 0 Å². The summed E-state index contributed by atoms with van der Waals surface area (Å²) in [6.07, 6.45) is 1.77. The van der Waals surface area contributed by atoms with Crippen molar-refractivity contribution < 1.29 is 14.4 Å². The van der Waals surface area contributed by atoms with Crippen LogP contribution < -0.4 is 4.74 Å². The second-order valence-corrected chi connectivity index (χ2v) is 3.89. The fourth-order valence-electron chi connectivity index (χ4n) is 1.73. The molecule has 0 fully saturated rings. The predicted octanol–water partition coefficient (Wildman–Crippen LogP) is 2.45. The fraction of sp³-hybridized carbons (Fsp3) is 0.0769. The number of nitrogens with one attached hydrogen (secondary N) is 1. The predicted molar refractivity (Wildman–Crippen MR) is 67.7 cm³/mol. The normalized spacial score (nSPS) is 10.6. The molecule has 0 saturated carbocycles. The van der Waals surface area contributed by atoms with Crippen LogP contribution in [0.5, 0.6) is 11.5 Å². The lowest BCUT2D eigenvalue weighted by Crippen LogP contribution is -1.85. The standard InChI is InChI=1S/C13H11N3O3/c1-18-8-4-5-9(11(17)7-8)13-15-12(16-19-13)10-3-2-6-14-10/h2-7,14,17H,1H3. The van der Waals surface area contributed by atoms with E-state index in [-0.39, 0.29) is 11.6 Å². The van der Waals surface area contributed by atoms with Crippen LogP contribution in [-0.4, -0.2) is 27.3 Å². The van der Waals surface area contributed by atoms with Crippen LogP contribution >= 0.6 is 0 Å². The zero-order valence-electron chi connectivity index (χ0n) is 10.1. The zero-order valence-corrected chi connectivity index (χ0v) is 10.1. The van der Waals surface area contributed by atoms with Gasteiger partial charge in [-0.25, -0.2) is 0 Å². The van der Waals surface area contributed by atoms with Gasteiger partial charge < -0.3 is 19.4 Å². The minimum Gasteiger partial charge on any atom is -0.507 e. The van der Waals surface area contributed by atoms with Crippen LogP contribution in [0, 0.1) is 0 Å². The molecule has 0 radical (unpaired) electrons. The van der Waals surface area contributed by atoms with Crippen LogP contribution in [0.1, 0.15) is 0 Å². The number of aromatic amines is 1. The van der Waals surface area contributed by atoms with E-state index in [1.54, 1.807) is 18.3 Å². The fourth-order valence-corrected chi connectivity index (χ4v) is 1.73. The highest BCUT2D eigenvalue weighted by Crippen LogP contribution is 2.32. The summed E-state index contributed by atoms with van der Waals surface area (Å²) in [5, 5.41) is 13.8. The van der Waals surface area contributed by atoms with Gasteiger partial charge in [-0.1, -0.05) is 5.16 Å². The molecule has 2 N–H and O–H groups in total. The van der Waals surface area contributed by atoms with Crippen molar-refractivity contribution in [1.29, 1.82) is 0 Å². The molecule has 6 nitrogen and oxygen atoms in total. The molecular weight excluding hydrogens is 246 g/mol. The first-order valence-corrected chi connectivity index (χ1v) is 5.63. The average molecular weight is 257 g/mol. The Hall–Kier alpha value is -2.76. The highest BCUT2D eigenvalue weighted by molar-refractivity contribution is 5.65. The number of phenols is 1. The SMILES string of the molecule is COc1ccc(-c2nc(-c3ccc[nH]3)no2)c(O)c1. The summed E-state index contributed by atoms with van der Waals surface area (Å²) in [6.45, 7) is 0. The molecule has 96 valence electrons. The molecule has 19 heavy (non-hydrogen) atoms. The highest BCUT2D eigenvalue weighted by Gasteiger charge is 2.14. The van der Waals surface area contributed by atoms with E-state index in [2.05, 4.69) is 15.1 Å². The molecule has 0 amide bonds. The van der Waals surface area contributed by atoms with Crippen LogP contribution in [0.2, 0.25) is 0 Å². The molecule has 0 atom stereocenters. The molecule has 6 heteroatoms. The largest absolute Gasteiger partial charge is 0.507 e. The Balaban J connectivity index is 1.99. The van der Waals surface area contributed by atoms with E-state index in [1.807, 2.05) is 12.1 Å². The van der Waals surface area contributed by atoms with Gasteiger partial charge in [-0.3, -0.25) is 0 Å². The molecular formula is C13H11N3O3. The van der Waals surface area contributed by atoms with Gasteiger partial charge >= 0.3 is 0 Å². The molecule has 0 unspecified atom stereocenters. The van der Waals surface area contributed by atoms with Crippen LogP contribution in [0.25, 0.3) is 23.0 Å². The minimum absolute atomic E-state index is 0.0287. The molecule has 0 saturated heterocycles. The molecule has 0 aliphatic rings. The lowest BCUT2D eigenvalue weighted by Gasteiger charge is -2.02. The number of hydrogen-bond acceptors (Lipinski definition) is 5. The first-order chi connectivity index (χ1) is 9.28. The van der Waals surface area contributed by atoms with Crippen molar-refractivity contribution in [2.24, 2.45) is 0 Å². The van der Waals surface area contributed by atoms with E-state index in [4.69, 9.17) is 9.26 Å². The van der Waals surface area contributed by atoms with Crippen molar-refractivity contribution >= 4 is 0 Å². The van der Waals surface area contributed by atoms with Gasteiger partial charge in [0.2, 0.25) is 5.82 Å². The molecule has 0 aliphatic heterocycles. The van der Waals surface area contributed by atoms with E-state index in [1.165, 1.54) is 13.2 Å². The Morgan fingerprint density at radius 1 is 1.32 bits per heavy atom. The molecule has 0 bridgehead atoms. The van der Waals surface area contributed by atoms with Gasteiger partial charge in [-0.05, 0) is 24.3 Å². The molecule has 2 aromatic heterocycles. The maximum Gasteiger partial charge on any atom is 0.262 e. The molecule has 0 aliphatic carbocycles. The van der Waals surface area contributed by atoms with E-state index in [9.17, 15) is 5.11 Å². The van der Waals surface area contributed by atoms with E-state index in [0.29, 0.717) is 17.1 Å². The summed E-state index contributed by atoms with van der Waals surface area (Å²) >= 11 is 0. The first-order valence-electron chi connectivity index (χ1n) is 5.63. The summed E-state index contributed by atoms with van der Waals surface area (Å²) in [5.74, 6) is 1.28. The van der Waals surface area contributed by atoms with Crippen LogP contribution in [0.3, 0.4) is 0 Å². The van der Waals surface area contributed by atoms with Crippen molar-refractivity contribution in [3.05, 3.63) is 36.5 Å². The van der Waals surface area contributed by atoms with Crippen molar-refractivity contribution in [2.75, 3.05) is 7.11 Å². The molecule has 3 rings (SSSR count). The summed E-state index contributed by atoms with van der Waals surface area (Å²) < 4.78 is 10.2. The van der Waals surface area contributed by atoms with Crippen molar-refractivity contribution in [1.82, 2.24) is 15.1 Å². The van der Waals surface area contributed by atoms with Crippen LogP contribution in [0.4, 0.5) is 0 Å². The summed E-state index contributed by atoms with van der Waals surface area (Å²) in [5.41, 5.74) is 1.22. The van der Waals surface area contributed by atoms with Gasteiger partial charge in [0.1, 0.15) is 11.5 Å². The maximum absolute atomic E-state index is 9.90. The average Bonchev–Trinajstić information content (AvgIpc) is 3.09. The Labute approximate surface area is 108 Å². The monoisotopic (exact) mass is 257 g/mol. The Bertz CT molecular complexity index is 689. The third-order valence-corrected chi connectivity index (χ3v) is 2.70. The number of rotatable bonds is 3. The number of nitrogens with zero attached hydrogens (tertiary/aromatic N) is 2. The van der Waals surface area contributed by atoms with Crippen molar-refractivity contribution in [3.63, 3.8) is 0 Å². The van der Waals surface area contributed by atoms with Gasteiger partial charge in [0.15, 0.2) is 0 Å². The number of hydrogen-bond donors (Lipinski definition) is 2.